The van der Waals surface area contributed by atoms with E-state index in [9.17, 15) is 4.79 Å². The zero-order valence-corrected chi connectivity index (χ0v) is 17.3. The van der Waals surface area contributed by atoms with Gasteiger partial charge in [0.05, 0.1) is 30.2 Å². The van der Waals surface area contributed by atoms with Crippen molar-refractivity contribution in [1.29, 1.82) is 0 Å². The Hall–Kier alpha value is -4.00. The number of rotatable bonds is 4. The summed E-state index contributed by atoms with van der Waals surface area (Å²) in [6, 6.07) is 1.92. The predicted octanol–water partition coefficient (Wildman–Crippen LogP) is 1.86. The summed E-state index contributed by atoms with van der Waals surface area (Å²) in [4.78, 5) is 26.6. The molecule has 0 saturated carbocycles. The van der Waals surface area contributed by atoms with Gasteiger partial charge in [-0.15, -0.1) is 0 Å². The molecule has 1 saturated heterocycles. The van der Waals surface area contributed by atoms with E-state index >= 15 is 0 Å². The van der Waals surface area contributed by atoms with Crippen LogP contribution in [0.15, 0.2) is 43.2 Å². The Labute approximate surface area is 178 Å². The summed E-state index contributed by atoms with van der Waals surface area (Å²) in [5.41, 5.74) is 2.74. The molecule has 1 atom stereocenters. The average Bonchev–Trinajstić information content (AvgIpc) is 3.53. The molecule has 1 unspecified atom stereocenters. The van der Waals surface area contributed by atoms with Gasteiger partial charge in [0.1, 0.15) is 11.5 Å². The van der Waals surface area contributed by atoms with Crippen LogP contribution < -0.4 is 0 Å². The second-order valence-electron chi connectivity index (χ2n) is 7.93. The Balaban J connectivity index is 1.59. The maximum Gasteiger partial charge on any atom is 0.241 e. The summed E-state index contributed by atoms with van der Waals surface area (Å²) < 4.78 is 5.49. The molecule has 0 bridgehead atoms. The van der Waals surface area contributed by atoms with Crippen molar-refractivity contribution in [3.05, 3.63) is 54.7 Å². The monoisotopic (exact) mass is 415 g/mol. The summed E-state index contributed by atoms with van der Waals surface area (Å²) in [6.45, 7) is 10.4. The van der Waals surface area contributed by atoms with Gasteiger partial charge < -0.3 is 9.74 Å². The molecule has 0 N–H and O–H groups in total. The highest BCUT2D eigenvalue weighted by atomic mass is 16.2. The third-order valence-corrected chi connectivity index (χ3v) is 5.87. The van der Waals surface area contributed by atoms with Gasteiger partial charge in [-0.2, -0.15) is 10.2 Å². The smallest absolute Gasteiger partial charge is 0.241 e. The van der Waals surface area contributed by atoms with Gasteiger partial charge in [0.2, 0.25) is 12.5 Å². The van der Waals surface area contributed by atoms with Gasteiger partial charge in [-0.1, -0.05) is 0 Å². The summed E-state index contributed by atoms with van der Waals surface area (Å²) in [6.07, 6.45) is 11.7. The second-order valence-corrected chi connectivity index (χ2v) is 7.93. The first-order valence-electron chi connectivity index (χ1n) is 9.96. The molecule has 0 spiro atoms. The van der Waals surface area contributed by atoms with Gasteiger partial charge in [-0.25, -0.2) is 16.5 Å². The van der Waals surface area contributed by atoms with Crippen LogP contribution in [0, 0.1) is 6.57 Å². The van der Waals surface area contributed by atoms with Gasteiger partial charge in [0.25, 0.3) is 0 Å². The normalized spacial score (nSPS) is 18.5. The molecule has 0 aromatic carbocycles. The lowest BCUT2D eigenvalue weighted by Gasteiger charge is -2.24. The fourth-order valence-corrected chi connectivity index (χ4v) is 4.19. The van der Waals surface area contributed by atoms with Crippen LogP contribution >= 0.6 is 0 Å². The third-order valence-electron chi connectivity index (χ3n) is 5.87. The van der Waals surface area contributed by atoms with Crippen molar-refractivity contribution < 1.29 is 4.79 Å². The quantitative estimate of drug-likeness (QED) is 0.475. The van der Waals surface area contributed by atoms with Crippen molar-refractivity contribution in [3.8, 4) is 22.6 Å². The molecule has 1 aliphatic rings. The average molecular weight is 415 g/mol. The molecule has 31 heavy (non-hydrogen) atoms. The Bertz CT molecular complexity index is 1320. The number of aromatic nitrogens is 7. The molecule has 0 radical (unpaired) electrons. The minimum atomic E-state index is -0.527. The number of likely N-dealkylation sites (tertiary alicyclic amines) is 1. The van der Waals surface area contributed by atoms with E-state index in [4.69, 9.17) is 11.6 Å². The lowest BCUT2D eigenvalue weighted by atomic mass is 9.99. The second kappa shape index (κ2) is 7.05. The van der Waals surface area contributed by atoms with Crippen LogP contribution in [-0.2, 0) is 17.4 Å². The summed E-state index contributed by atoms with van der Waals surface area (Å²) in [7, 11) is 1.87. The first kappa shape index (κ1) is 19.0. The number of imidazole rings is 1. The van der Waals surface area contributed by atoms with Gasteiger partial charge in [-0.3, -0.25) is 18.6 Å². The number of hydrogen-bond acceptors (Lipinski definition) is 5. The van der Waals surface area contributed by atoms with E-state index < -0.39 is 5.54 Å². The van der Waals surface area contributed by atoms with Crippen molar-refractivity contribution in [2.24, 2.45) is 7.05 Å². The van der Waals surface area contributed by atoms with Crippen molar-refractivity contribution in [2.45, 2.75) is 18.9 Å². The Morgan fingerprint density at radius 1 is 1.26 bits per heavy atom. The maximum absolute atomic E-state index is 11.9. The highest BCUT2D eigenvalue weighted by molar-refractivity contribution is 5.73. The van der Waals surface area contributed by atoms with Gasteiger partial charge >= 0.3 is 0 Å². The summed E-state index contributed by atoms with van der Waals surface area (Å²) in [5.74, 6) is 0.727. The van der Waals surface area contributed by atoms with E-state index in [0.717, 1.165) is 22.5 Å². The first-order valence-corrected chi connectivity index (χ1v) is 9.96. The molecule has 10 heteroatoms. The molecule has 10 nitrogen and oxygen atoms in total. The molecular formula is C21H21N9O. The van der Waals surface area contributed by atoms with E-state index in [0.29, 0.717) is 25.3 Å². The van der Waals surface area contributed by atoms with Crippen molar-refractivity contribution >= 4 is 11.6 Å². The van der Waals surface area contributed by atoms with E-state index in [1.54, 1.807) is 35.1 Å². The highest BCUT2D eigenvalue weighted by Gasteiger charge is 2.44. The topological polar surface area (TPSA) is 90.5 Å². The van der Waals surface area contributed by atoms with Crippen LogP contribution in [0.1, 0.15) is 13.3 Å². The molecule has 4 aromatic heterocycles. The third kappa shape index (κ3) is 3.15. The number of amides is 1. The zero-order valence-electron chi connectivity index (χ0n) is 17.3. The Morgan fingerprint density at radius 2 is 2.10 bits per heavy atom. The van der Waals surface area contributed by atoms with Gasteiger partial charge in [-0.05, 0) is 6.42 Å². The Kier molecular flexibility index (Phi) is 4.32. The molecule has 5 rings (SSSR count). The van der Waals surface area contributed by atoms with Crippen LogP contribution in [0.5, 0.6) is 0 Å². The number of hydrogen-bond donors (Lipinski definition) is 0. The number of nitrogens with zero attached hydrogens (tertiary/aromatic N) is 9. The van der Waals surface area contributed by atoms with E-state index in [-0.39, 0.29) is 12.5 Å². The fraction of sp³-hybridized carbons (Fsp3) is 0.333. The first-order chi connectivity index (χ1) is 15.0. The van der Waals surface area contributed by atoms with Crippen molar-refractivity contribution in [1.82, 2.24) is 38.8 Å². The molecule has 1 aliphatic heterocycles. The van der Waals surface area contributed by atoms with Crippen LogP contribution in [0.4, 0.5) is 0 Å². The predicted molar refractivity (Wildman–Crippen MR) is 113 cm³/mol. The minimum Gasteiger partial charge on any atom is -0.340 e. The zero-order chi connectivity index (χ0) is 21.6. The summed E-state index contributed by atoms with van der Waals surface area (Å²) >= 11 is 0. The molecular weight excluding hydrogens is 394 g/mol. The Morgan fingerprint density at radius 3 is 2.81 bits per heavy atom. The SMILES string of the molecule is [C-]#[N+]CC1(n2cc(-c3nc(-c4cnn(C)c4)cc4nccn34)cn2)CCN(C(C)=O)C1. The van der Waals surface area contributed by atoms with Crippen LogP contribution in [-0.4, -0.2) is 64.4 Å². The van der Waals surface area contributed by atoms with E-state index in [1.165, 1.54) is 0 Å². The number of carbonyl (C=O) groups is 1. The molecule has 1 amide bonds. The summed E-state index contributed by atoms with van der Waals surface area (Å²) in [5, 5.41) is 8.85. The largest absolute Gasteiger partial charge is 0.340 e. The lowest BCUT2D eigenvalue weighted by molar-refractivity contribution is -0.128. The molecule has 4 aromatic rings. The number of fused-ring (bicyclic) bond motifs is 1. The molecule has 5 heterocycles. The maximum atomic E-state index is 11.9. The lowest BCUT2D eigenvalue weighted by Crippen LogP contribution is -2.40. The van der Waals surface area contributed by atoms with Gasteiger partial charge in [0, 0.05) is 56.9 Å². The van der Waals surface area contributed by atoms with Crippen molar-refractivity contribution in [3.63, 3.8) is 0 Å². The van der Waals surface area contributed by atoms with E-state index in [1.807, 2.05) is 40.8 Å². The van der Waals surface area contributed by atoms with Crippen LogP contribution in [0.2, 0.25) is 0 Å². The standard InChI is InChI=1S/C21H21N9O/c1-15(31)28-6-4-21(14-28,13-22-2)30-12-17(10-25-30)20-26-18(16-9-24-27(3)11-16)8-19-23-5-7-29(19)20/h5,7-12H,4,6,13-14H2,1,3H3. The van der Waals surface area contributed by atoms with Crippen LogP contribution in [0.25, 0.3) is 33.1 Å². The molecule has 156 valence electrons. The number of carbonyl (C=O) groups excluding carboxylic acids is 1. The van der Waals surface area contributed by atoms with Gasteiger partial charge in [0.15, 0.2) is 5.54 Å². The fourth-order valence-electron chi connectivity index (χ4n) is 4.19. The van der Waals surface area contributed by atoms with E-state index in [2.05, 4.69) is 20.0 Å². The highest BCUT2D eigenvalue weighted by Crippen LogP contribution is 2.32. The molecule has 1 fully saturated rings. The molecule has 0 aliphatic carbocycles. The van der Waals surface area contributed by atoms with Crippen LogP contribution in [0.3, 0.4) is 0 Å². The number of aryl methyl sites for hydroxylation is 1. The minimum absolute atomic E-state index is 0.0187. The van der Waals surface area contributed by atoms with Crippen molar-refractivity contribution in [2.75, 3.05) is 19.6 Å².